The van der Waals surface area contributed by atoms with Gasteiger partial charge in [-0.25, -0.2) is 4.79 Å². The van der Waals surface area contributed by atoms with Crippen molar-refractivity contribution in [2.75, 3.05) is 23.4 Å². The number of nitrogens with zero attached hydrogens (tertiary/aromatic N) is 1. The highest BCUT2D eigenvalue weighted by Crippen LogP contribution is 2.31. The second-order valence-corrected chi connectivity index (χ2v) is 7.41. The van der Waals surface area contributed by atoms with E-state index in [0.717, 1.165) is 29.0 Å². The van der Waals surface area contributed by atoms with E-state index < -0.39 is 5.97 Å². The molecule has 0 saturated carbocycles. The zero-order valence-corrected chi connectivity index (χ0v) is 17.3. The highest BCUT2D eigenvalue weighted by atomic mass is 16.6. The Hall–Kier alpha value is -3.80. The van der Waals surface area contributed by atoms with Crippen molar-refractivity contribution in [3.63, 3.8) is 0 Å². The van der Waals surface area contributed by atoms with E-state index in [4.69, 9.17) is 9.47 Å². The summed E-state index contributed by atoms with van der Waals surface area (Å²) >= 11 is 0. The van der Waals surface area contributed by atoms with Gasteiger partial charge in [-0.05, 0) is 61.4 Å². The van der Waals surface area contributed by atoms with Crippen LogP contribution in [0.2, 0.25) is 0 Å². The number of carbonyl (C=O) groups is 2. The highest BCUT2D eigenvalue weighted by molar-refractivity contribution is 5.97. The van der Waals surface area contributed by atoms with Crippen LogP contribution in [0.4, 0.5) is 17.1 Å². The van der Waals surface area contributed by atoms with Gasteiger partial charge in [-0.1, -0.05) is 36.4 Å². The molecule has 1 aliphatic rings. The van der Waals surface area contributed by atoms with Crippen molar-refractivity contribution in [3.05, 3.63) is 84.4 Å². The van der Waals surface area contributed by atoms with Gasteiger partial charge in [0.25, 0.3) is 5.91 Å². The Kier molecular flexibility index (Phi) is 6.17. The fraction of sp³-hybridized carbons (Fsp3) is 0.200. The van der Waals surface area contributed by atoms with Crippen LogP contribution in [0.3, 0.4) is 0 Å². The molecule has 0 spiro atoms. The first kappa shape index (κ1) is 20.5. The number of rotatable bonds is 7. The molecule has 31 heavy (non-hydrogen) atoms. The van der Waals surface area contributed by atoms with Gasteiger partial charge in [0.05, 0.1) is 0 Å². The molecule has 0 fully saturated rings. The van der Waals surface area contributed by atoms with Crippen LogP contribution in [0.25, 0.3) is 0 Å². The average Bonchev–Trinajstić information content (AvgIpc) is 3.13. The summed E-state index contributed by atoms with van der Waals surface area (Å²) in [6.07, 6.45) is 0.800. The monoisotopic (exact) mass is 416 g/mol. The third-order valence-corrected chi connectivity index (χ3v) is 5.11. The fourth-order valence-corrected chi connectivity index (χ4v) is 3.66. The lowest BCUT2D eigenvalue weighted by atomic mass is 10.1. The Balaban J connectivity index is 1.24. The number of anilines is 3. The molecule has 3 aromatic rings. The minimum Gasteiger partial charge on any atom is -0.482 e. The largest absolute Gasteiger partial charge is 0.482 e. The second kappa shape index (κ2) is 9.34. The summed E-state index contributed by atoms with van der Waals surface area (Å²) < 4.78 is 10.6. The summed E-state index contributed by atoms with van der Waals surface area (Å²) in [6.45, 7) is 1.42. The van der Waals surface area contributed by atoms with Crippen molar-refractivity contribution in [2.45, 2.75) is 19.4 Å². The number of para-hydroxylation sites is 2. The van der Waals surface area contributed by atoms with Crippen LogP contribution in [0, 0.1) is 0 Å². The maximum Gasteiger partial charge on any atom is 0.344 e. The van der Waals surface area contributed by atoms with Crippen LogP contribution < -0.4 is 15.0 Å². The molecule has 0 saturated heterocycles. The minimum atomic E-state index is -0.583. The number of esters is 1. The van der Waals surface area contributed by atoms with Gasteiger partial charge in [0, 0.05) is 23.1 Å². The van der Waals surface area contributed by atoms with Gasteiger partial charge in [0.2, 0.25) is 0 Å². The topological polar surface area (TPSA) is 67.9 Å². The van der Waals surface area contributed by atoms with Gasteiger partial charge in [0.1, 0.15) is 5.75 Å². The van der Waals surface area contributed by atoms with E-state index in [1.165, 1.54) is 0 Å². The van der Waals surface area contributed by atoms with Crippen molar-refractivity contribution in [1.29, 1.82) is 0 Å². The maximum absolute atomic E-state index is 12.6. The molecule has 3 aromatic carbocycles. The molecule has 1 aliphatic heterocycles. The van der Waals surface area contributed by atoms with Crippen LogP contribution in [0.5, 0.6) is 5.75 Å². The van der Waals surface area contributed by atoms with Crippen LogP contribution in [-0.2, 0) is 20.7 Å². The van der Waals surface area contributed by atoms with Crippen molar-refractivity contribution in [3.8, 4) is 5.75 Å². The molecule has 0 radical (unpaired) electrons. The first-order valence-electron chi connectivity index (χ1n) is 10.2. The van der Waals surface area contributed by atoms with E-state index in [1.807, 2.05) is 73.7 Å². The van der Waals surface area contributed by atoms with Gasteiger partial charge in [0.15, 0.2) is 13.2 Å². The molecule has 1 N–H and O–H groups in total. The second-order valence-electron chi connectivity index (χ2n) is 7.41. The molecular formula is C25H24N2O4. The number of fused-ring (bicyclic) bond motifs is 1. The molecule has 1 unspecified atom stereocenters. The number of hydrogen-bond acceptors (Lipinski definition) is 5. The molecular weight excluding hydrogens is 392 g/mol. The first-order chi connectivity index (χ1) is 15.1. The zero-order chi connectivity index (χ0) is 21.6. The van der Waals surface area contributed by atoms with Crippen molar-refractivity contribution >= 4 is 28.9 Å². The van der Waals surface area contributed by atoms with Crippen LogP contribution in [-0.4, -0.2) is 31.1 Å². The summed E-state index contributed by atoms with van der Waals surface area (Å²) in [5, 5.41) is 3.28. The van der Waals surface area contributed by atoms with E-state index >= 15 is 0 Å². The van der Waals surface area contributed by atoms with E-state index in [0.29, 0.717) is 5.75 Å². The van der Waals surface area contributed by atoms with E-state index in [2.05, 4.69) is 5.32 Å². The zero-order valence-electron chi connectivity index (χ0n) is 17.3. The number of ether oxygens (including phenoxy) is 2. The average molecular weight is 416 g/mol. The van der Waals surface area contributed by atoms with Gasteiger partial charge in [-0.3, -0.25) is 4.79 Å². The van der Waals surface area contributed by atoms with Gasteiger partial charge in [-0.2, -0.15) is 0 Å². The Bertz CT molecular complexity index is 1050. The van der Waals surface area contributed by atoms with Crippen LogP contribution in [0.1, 0.15) is 12.5 Å². The summed E-state index contributed by atoms with van der Waals surface area (Å²) in [6, 6.07) is 24.9. The summed E-state index contributed by atoms with van der Waals surface area (Å²) in [7, 11) is 0. The van der Waals surface area contributed by atoms with Gasteiger partial charge >= 0.3 is 5.97 Å². The molecule has 0 aromatic heterocycles. The highest BCUT2D eigenvalue weighted by Gasteiger charge is 2.30. The molecule has 1 atom stereocenters. The van der Waals surface area contributed by atoms with Crippen LogP contribution >= 0.6 is 0 Å². The molecule has 158 valence electrons. The van der Waals surface area contributed by atoms with E-state index in [-0.39, 0.29) is 25.2 Å². The van der Waals surface area contributed by atoms with Crippen LogP contribution in [0.15, 0.2) is 78.9 Å². The summed E-state index contributed by atoms with van der Waals surface area (Å²) in [4.78, 5) is 26.3. The lowest BCUT2D eigenvalue weighted by Gasteiger charge is -2.22. The number of carbonyl (C=O) groups excluding carboxylic acids is 2. The predicted octanol–water partition coefficient (Wildman–Crippen LogP) is 4.33. The Morgan fingerprint density at radius 3 is 2.35 bits per heavy atom. The third kappa shape index (κ3) is 5.04. The molecule has 1 heterocycles. The number of hydrogen-bond donors (Lipinski definition) is 1. The lowest BCUT2D eigenvalue weighted by Crippen LogP contribution is -2.39. The Morgan fingerprint density at radius 2 is 1.58 bits per heavy atom. The molecule has 0 aliphatic carbocycles. The van der Waals surface area contributed by atoms with Gasteiger partial charge < -0.3 is 19.7 Å². The van der Waals surface area contributed by atoms with E-state index in [9.17, 15) is 9.59 Å². The third-order valence-electron chi connectivity index (χ3n) is 5.11. The minimum absolute atomic E-state index is 0.0443. The smallest absolute Gasteiger partial charge is 0.344 e. The van der Waals surface area contributed by atoms with Crippen molar-refractivity contribution in [1.82, 2.24) is 0 Å². The normalized spacial score (nSPS) is 14.6. The molecule has 4 rings (SSSR count). The maximum atomic E-state index is 12.6. The summed E-state index contributed by atoms with van der Waals surface area (Å²) in [5.74, 6) is -0.272. The lowest BCUT2D eigenvalue weighted by molar-refractivity contribution is -0.149. The SMILES string of the molecule is CC1Cc2ccccc2N1C(=O)COC(=O)COc1ccc(Nc2ccccc2)cc1. The standard InChI is InChI=1S/C25H24N2O4/c1-18-15-19-7-5-6-10-23(19)27(18)24(28)16-31-25(29)17-30-22-13-11-21(12-14-22)26-20-8-3-2-4-9-20/h2-14,18,26H,15-17H2,1H3. The summed E-state index contributed by atoms with van der Waals surface area (Å²) in [5.41, 5.74) is 3.91. The van der Waals surface area contributed by atoms with E-state index in [1.54, 1.807) is 17.0 Å². The Labute approximate surface area is 181 Å². The molecule has 0 bridgehead atoms. The van der Waals surface area contributed by atoms with Crippen molar-refractivity contribution in [2.24, 2.45) is 0 Å². The quantitative estimate of drug-likeness (QED) is 0.581. The number of benzene rings is 3. The molecule has 1 amide bonds. The predicted molar refractivity (Wildman–Crippen MR) is 120 cm³/mol. The fourth-order valence-electron chi connectivity index (χ4n) is 3.66. The number of amides is 1. The van der Waals surface area contributed by atoms with Gasteiger partial charge in [-0.15, -0.1) is 0 Å². The first-order valence-corrected chi connectivity index (χ1v) is 10.2. The Morgan fingerprint density at radius 1 is 0.903 bits per heavy atom. The van der Waals surface area contributed by atoms with Crippen molar-refractivity contribution < 1.29 is 19.1 Å². The number of nitrogens with one attached hydrogen (secondary N) is 1. The molecule has 6 nitrogen and oxygen atoms in total. The molecule has 6 heteroatoms.